The van der Waals surface area contributed by atoms with Crippen LogP contribution in [0.3, 0.4) is 0 Å². The molecule has 1 aliphatic rings. The molecule has 1 fully saturated rings. The summed E-state index contributed by atoms with van der Waals surface area (Å²) < 4.78 is 1.05. The lowest BCUT2D eigenvalue weighted by Gasteiger charge is -2.20. The normalized spacial score (nSPS) is 19.9. The molecule has 1 aliphatic heterocycles. The summed E-state index contributed by atoms with van der Waals surface area (Å²) in [5.41, 5.74) is 5.83. The first-order valence-electron chi connectivity index (χ1n) is 6.03. The molecule has 0 saturated carbocycles. The van der Waals surface area contributed by atoms with Crippen LogP contribution in [0.2, 0.25) is 0 Å². The van der Waals surface area contributed by atoms with E-state index in [1.165, 1.54) is 0 Å². The average molecular weight is 366 g/mol. The summed E-state index contributed by atoms with van der Waals surface area (Å²) in [4.78, 5) is 15.2. The monoisotopic (exact) mass is 364 g/mol. The molecule has 1 aromatic rings. The fraction of sp³-hybridized carbons (Fsp3) is 0.462. The summed E-state index contributed by atoms with van der Waals surface area (Å²) in [5.74, 6) is 0.191. The number of nitrogens with two attached hydrogens (primary N) is 1. The number of halogens is 2. The van der Waals surface area contributed by atoms with Crippen LogP contribution in [0, 0.1) is 0 Å². The van der Waals surface area contributed by atoms with Crippen molar-refractivity contribution in [3.05, 3.63) is 28.7 Å². The zero-order chi connectivity index (χ0) is 13.1. The second kappa shape index (κ2) is 7.53. The molecule has 19 heavy (non-hydrogen) atoms. The minimum Gasteiger partial charge on any atom is -0.340 e. The Morgan fingerprint density at radius 1 is 1.47 bits per heavy atom. The number of likely N-dealkylation sites (tertiary alicyclic amines) is 1. The van der Waals surface area contributed by atoms with Gasteiger partial charge in [0.25, 0.3) is 0 Å². The number of hydrogen-bond donors (Lipinski definition) is 1. The number of thioether (sulfide) groups is 1. The molecule has 2 atom stereocenters. The SMILES string of the molecule is CC(Sc1ccc(Br)cc1)C(=O)N1CC[C@@H](N)C1.Cl. The van der Waals surface area contributed by atoms with Gasteiger partial charge in [0.05, 0.1) is 5.25 Å². The van der Waals surface area contributed by atoms with Crippen LogP contribution in [0.5, 0.6) is 0 Å². The van der Waals surface area contributed by atoms with Crippen molar-refractivity contribution in [1.29, 1.82) is 0 Å². The van der Waals surface area contributed by atoms with Crippen LogP contribution in [0.4, 0.5) is 0 Å². The number of carbonyl (C=O) groups excluding carboxylic acids is 1. The van der Waals surface area contributed by atoms with Crippen molar-refractivity contribution in [3.63, 3.8) is 0 Å². The Morgan fingerprint density at radius 3 is 2.63 bits per heavy atom. The van der Waals surface area contributed by atoms with Crippen LogP contribution in [0.15, 0.2) is 33.6 Å². The third-order valence-electron chi connectivity index (χ3n) is 3.01. The molecule has 2 rings (SSSR count). The number of carbonyl (C=O) groups is 1. The van der Waals surface area contributed by atoms with Crippen molar-refractivity contribution in [2.75, 3.05) is 13.1 Å². The number of hydrogen-bond acceptors (Lipinski definition) is 3. The molecule has 0 radical (unpaired) electrons. The molecule has 2 N–H and O–H groups in total. The Kier molecular flexibility index (Phi) is 6.66. The van der Waals surface area contributed by atoms with E-state index in [9.17, 15) is 4.79 Å². The highest BCUT2D eigenvalue weighted by Crippen LogP contribution is 2.26. The van der Waals surface area contributed by atoms with Crippen LogP contribution in [-0.4, -0.2) is 35.2 Å². The average Bonchev–Trinajstić information content (AvgIpc) is 2.78. The van der Waals surface area contributed by atoms with Gasteiger partial charge in [-0.1, -0.05) is 15.9 Å². The number of benzene rings is 1. The third kappa shape index (κ3) is 4.67. The Labute approximate surface area is 132 Å². The van der Waals surface area contributed by atoms with Gasteiger partial charge in [0.2, 0.25) is 5.91 Å². The smallest absolute Gasteiger partial charge is 0.235 e. The van der Waals surface area contributed by atoms with E-state index in [0.717, 1.165) is 22.3 Å². The van der Waals surface area contributed by atoms with Gasteiger partial charge in [-0.2, -0.15) is 0 Å². The second-order valence-electron chi connectivity index (χ2n) is 4.55. The predicted octanol–water partition coefficient (Wildman–Crippen LogP) is 2.91. The van der Waals surface area contributed by atoms with Crippen LogP contribution < -0.4 is 5.73 Å². The number of rotatable bonds is 3. The third-order valence-corrected chi connectivity index (χ3v) is 4.64. The van der Waals surface area contributed by atoms with E-state index >= 15 is 0 Å². The lowest BCUT2D eigenvalue weighted by atomic mass is 10.3. The maximum Gasteiger partial charge on any atom is 0.235 e. The van der Waals surface area contributed by atoms with Crippen molar-refractivity contribution in [2.24, 2.45) is 5.73 Å². The van der Waals surface area contributed by atoms with Crippen molar-refractivity contribution < 1.29 is 4.79 Å². The quantitative estimate of drug-likeness (QED) is 0.838. The highest BCUT2D eigenvalue weighted by molar-refractivity contribution is 9.10. The van der Waals surface area contributed by atoms with Gasteiger partial charge in [-0.25, -0.2) is 0 Å². The van der Waals surface area contributed by atoms with Crippen molar-refractivity contribution in [3.8, 4) is 0 Å². The minimum atomic E-state index is -0.0588. The molecule has 0 aliphatic carbocycles. The second-order valence-corrected chi connectivity index (χ2v) is 6.88. The fourth-order valence-corrected chi connectivity index (χ4v) is 3.23. The molecular formula is C13H18BrClN2OS. The van der Waals surface area contributed by atoms with E-state index < -0.39 is 0 Å². The largest absolute Gasteiger partial charge is 0.340 e. The maximum absolute atomic E-state index is 12.2. The van der Waals surface area contributed by atoms with Gasteiger partial charge in [0.1, 0.15) is 0 Å². The zero-order valence-electron chi connectivity index (χ0n) is 10.7. The van der Waals surface area contributed by atoms with Gasteiger partial charge < -0.3 is 10.6 Å². The van der Waals surface area contributed by atoms with E-state index in [1.54, 1.807) is 11.8 Å². The van der Waals surface area contributed by atoms with E-state index in [-0.39, 0.29) is 29.6 Å². The van der Waals surface area contributed by atoms with Gasteiger partial charge in [0, 0.05) is 28.5 Å². The van der Waals surface area contributed by atoms with E-state index in [4.69, 9.17) is 5.73 Å². The number of amides is 1. The summed E-state index contributed by atoms with van der Waals surface area (Å²) >= 11 is 5.00. The summed E-state index contributed by atoms with van der Waals surface area (Å²) in [6, 6.07) is 8.18. The molecule has 1 heterocycles. The molecule has 1 amide bonds. The van der Waals surface area contributed by atoms with E-state index in [1.807, 2.05) is 36.1 Å². The molecule has 0 aromatic heterocycles. The summed E-state index contributed by atoms with van der Waals surface area (Å²) in [5, 5.41) is -0.0588. The van der Waals surface area contributed by atoms with Crippen LogP contribution in [-0.2, 0) is 4.79 Å². The Hall–Kier alpha value is -0.230. The van der Waals surface area contributed by atoms with Crippen molar-refractivity contribution in [1.82, 2.24) is 4.90 Å². The van der Waals surface area contributed by atoms with E-state index in [2.05, 4.69) is 15.9 Å². The maximum atomic E-state index is 12.2. The lowest BCUT2D eigenvalue weighted by molar-refractivity contribution is -0.129. The molecule has 1 saturated heterocycles. The van der Waals surface area contributed by atoms with Crippen LogP contribution in [0.1, 0.15) is 13.3 Å². The topological polar surface area (TPSA) is 46.3 Å². The minimum absolute atomic E-state index is 0. The van der Waals surface area contributed by atoms with Crippen LogP contribution >= 0.6 is 40.1 Å². The standard InChI is InChI=1S/C13H17BrN2OS.ClH/c1-9(13(17)16-7-6-11(15)8-16)18-12-4-2-10(14)3-5-12;/h2-5,9,11H,6-8,15H2,1H3;1H/t9?,11-;/m1./s1. The Balaban J connectivity index is 0.00000180. The van der Waals surface area contributed by atoms with Gasteiger partial charge in [-0.05, 0) is 37.6 Å². The van der Waals surface area contributed by atoms with Crippen LogP contribution in [0.25, 0.3) is 0 Å². The summed E-state index contributed by atoms with van der Waals surface area (Å²) in [6.45, 7) is 3.45. The molecule has 0 bridgehead atoms. The molecule has 106 valence electrons. The molecule has 0 spiro atoms. The zero-order valence-corrected chi connectivity index (χ0v) is 13.9. The van der Waals surface area contributed by atoms with Crippen molar-refractivity contribution in [2.45, 2.75) is 29.5 Å². The van der Waals surface area contributed by atoms with Gasteiger partial charge in [-0.3, -0.25) is 4.79 Å². The molecule has 1 unspecified atom stereocenters. The van der Waals surface area contributed by atoms with Gasteiger partial charge in [0.15, 0.2) is 0 Å². The Bertz CT molecular complexity index is 429. The first-order valence-corrected chi connectivity index (χ1v) is 7.70. The molecule has 3 nitrogen and oxygen atoms in total. The fourth-order valence-electron chi connectivity index (χ4n) is 2.01. The molecule has 1 aromatic carbocycles. The highest BCUT2D eigenvalue weighted by atomic mass is 79.9. The van der Waals surface area contributed by atoms with Gasteiger partial charge >= 0.3 is 0 Å². The lowest BCUT2D eigenvalue weighted by Crippen LogP contribution is -2.36. The molecular weight excluding hydrogens is 348 g/mol. The first kappa shape index (κ1) is 16.8. The first-order chi connectivity index (χ1) is 8.56. The summed E-state index contributed by atoms with van der Waals surface area (Å²) in [6.07, 6.45) is 0.918. The summed E-state index contributed by atoms with van der Waals surface area (Å²) in [7, 11) is 0. The van der Waals surface area contributed by atoms with E-state index in [0.29, 0.717) is 6.54 Å². The Morgan fingerprint density at radius 2 is 2.11 bits per heavy atom. The van der Waals surface area contributed by atoms with Gasteiger partial charge in [-0.15, -0.1) is 24.2 Å². The number of nitrogens with zero attached hydrogens (tertiary/aromatic N) is 1. The highest BCUT2D eigenvalue weighted by Gasteiger charge is 2.27. The molecule has 6 heteroatoms. The van der Waals surface area contributed by atoms with Crippen molar-refractivity contribution >= 4 is 46.0 Å². The predicted molar refractivity (Wildman–Crippen MR) is 85.9 cm³/mol.